The van der Waals surface area contributed by atoms with E-state index in [0.717, 1.165) is 26.1 Å². The first-order chi connectivity index (χ1) is 9.52. The van der Waals surface area contributed by atoms with Gasteiger partial charge in [-0.3, -0.25) is 9.69 Å². The van der Waals surface area contributed by atoms with Gasteiger partial charge in [-0.2, -0.15) is 0 Å². The first kappa shape index (κ1) is 15.0. The molecule has 3 nitrogen and oxygen atoms in total. The van der Waals surface area contributed by atoms with Crippen LogP contribution in [0.4, 0.5) is 0 Å². The number of hydrogen-bond acceptors (Lipinski definition) is 3. The van der Waals surface area contributed by atoms with Crippen molar-refractivity contribution in [2.45, 2.75) is 46.3 Å². The van der Waals surface area contributed by atoms with Gasteiger partial charge in [0, 0.05) is 19.5 Å². The summed E-state index contributed by atoms with van der Waals surface area (Å²) in [4.78, 5) is 14.1. The lowest BCUT2D eigenvalue weighted by molar-refractivity contribution is -0.148. The molecule has 0 N–H and O–H groups in total. The maximum Gasteiger partial charge on any atom is 0.306 e. The summed E-state index contributed by atoms with van der Waals surface area (Å²) in [6.45, 7) is 8.97. The highest BCUT2D eigenvalue weighted by molar-refractivity contribution is 5.69. The van der Waals surface area contributed by atoms with Gasteiger partial charge in [0.2, 0.25) is 0 Å². The summed E-state index contributed by atoms with van der Waals surface area (Å²) in [5, 5.41) is 0. The van der Waals surface area contributed by atoms with Crippen LogP contribution in [0.25, 0.3) is 0 Å². The van der Waals surface area contributed by atoms with Gasteiger partial charge in [0.15, 0.2) is 0 Å². The lowest BCUT2D eigenvalue weighted by atomic mass is 10.1. The Balaban J connectivity index is 1.77. The molecule has 3 heteroatoms. The minimum Gasteiger partial charge on any atom is -0.463 e. The first-order valence-electron chi connectivity index (χ1n) is 7.50. The molecule has 0 saturated carbocycles. The van der Waals surface area contributed by atoms with Gasteiger partial charge in [0.05, 0.1) is 6.10 Å². The van der Waals surface area contributed by atoms with Crippen molar-refractivity contribution >= 4 is 5.97 Å². The van der Waals surface area contributed by atoms with Gasteiger partial charge >= 0.3 is 5.97 Å². The van der Waals surface area contributed by atoms with Crippen LogP contribution in [0.1, 0.15) is 37.8 Å². The number of ether oxygens (including phenoxy) is 1. The number of nitrogens with zero attached hydrogens (tertiary/aromatic N) is 1. The highest BCUT2D eigenvalue weighted by Crippen LogP contribution is 2.22. The first-order valence-corrected chi connectivity index (χ1v) is 7.50. The molecule has 20 heavy (non-hydrogen) atoms. The summed E-state index contributed by atoms with van der Waals surface area (Å²) in [7, 11) is 0. The van der Waals surface area contributed by atoms with E-state index in [-0.39, 0.29) is 12.1 Å². The van der Waals surface area contributed by atoms with E-state index in [1.54, 1.807) is 0 Å². The molecule has 1 heterocycles. The standard InChI is InChI=1S/C17H25NO2/c1-13(2)20-17(19)10-16-8-9-18(12-16)11-15-6-4-14(3)5-7-15/h4-7,13,16H,8-12H2,1-3H3. The molecule has 1 aromatic rings. The molecule has 0 amide bonds. The molecular formula is C17H25NO2. The largest absolute Gasteiger partial charge is 0.463 e. The number of benzene rings is 1. The summed E-state index contributed by atoms with van der Waals surface area (Å²) in [6, 6.07) is 8.69. The Bertz CT molecular complexity index is 439. The predicted molar refractivity (Wildman–Crippen MR) is 80.4 cm³/mol. The maximum atomic E-state index is 11.7. The van der Waals surface area contributed by atoms with Crippen molar-refractivity contribution in [3.63, 3.8) is 0 Å². The van der Waals surface area contributed by atoms with Crippen LogP contribution in [0.15, 0.2) is 24.3 Å². The molecule has 110 valence electrons. The molecule has 0 radical (unpaired) electrons. The van der Waals surface area contributed by atoms with Crippen molar-refractivity contribution in [1.82, 2.24) is 4.90 Å². The number of likely N-dealkylation sites (tertiary alicyclic amines) is 1. The van der Waals surface area contributed by atoms with E-state index < -0.39 is 0 Å². The molecule has 1 aliphatic heterocycles. The van der Waals surface area contributed by atoms with Crippen molar-refractivity contribution in [3.8, 4) is 0 Å². The Kier molecular flexibility index (Phi) is 5.18. The molecule has 1 atom stereocenters. The monoisotopic (exact) mass is 275 g/mol. The van der Waals surface area contributed by atoms with Crippen LogP contribution in [0.3, 0.4) is 0 Å². The van der Waals surface area contributed by atoms with Gasteiger partial charge in [-0.1, -0.05) is 29.8 Å². The molecule has 0 aliphatic carbocycles. The third-order valence-electron chi connectivity index (χ3n) is 3.72. The van der Waals surface area contributed by atoms with Crippen molar-refractivity contribution in [2.24, 2.45) is 5.92 Å². The van der Waals surface area contributed by atoms with Crippen LogP contribution >= 0.6 is 0 Å². The third kappa shape index (κ3) is 4.64. The average Bonchev–Trinajstić information content (AvgIpc) is 2.78. The molecule has 0 spiro atoms. The second kappa shape index (κ2) is 6.89. The van der Waals surface area contributed by atoms with Gasteiger partial charge in [-0.15, -0.1) is 0 Å². The number of carbonyl (C=O) groups excluding carboxylic acids is 1. The van der Waals surface area contributed by atoms with Crippen LogP contribution in [-0.2, 0) is 16.1 Å². The Morgan fingerprint density at radius 1 is 1.35 bits per heavy atom. The van der Waals surface area contributed by atoms with Gasteiger partial charge in [-0.25, -0.2) is 0 Å². The van der Waals surface area contributed by atoms with Gasteiger partial charge in [0.25, 0.3) is 0 Å². The lowest BCUT2D eigenvalue weighted by Gasteiger charge is -2.16. The van der Waals surface area contributed by atoms with Crippen molar-refractivity contribution in [3.05, 3.63) is 35.4 Å². The molecular weight excluding hydrogens is 250 g/mol. The van der Waals surface area contributed by atoms with Crippen LogP contribution in [-0.4, -0.2) is 30.1 Å². The molecule has 2 rings (SSSR count). The number of carbonyl (C=O) groups is 1. The molecule has 1 unspecified atom stereocenters. The quantitative estimate of drug-likeness (QED) is 0.773. The van der Waals surface area contributed by atoms with Crippen molar-refractivity contribution < 1.29 is 9.53 Å². The Morgan fingerprint density at radius 2 is 2.05 bits per heavy atom. The highest BCUT2D eigenvalue weighted by Gasteiger charge is 2.25. The van der Waals surface area contributed by atoms with E-state index in [2.05, 4.69) is 36.1 Å². The van der Waals surface area contributed by atoms with E-state index in [1.807, 2.05) is 13.8 Å². The van der Waals surface area contributed by atoms with Crippen molar-refractivity contribution in [2.75, 3.05) is 13.1 Å². The number of hydrogen-bond donors (Lipinski definition) is 0. The Hall–Kier alpha value is -1.35. The molecule has 0 bridgehead atoms. The minimum absolute atomic E-state index is 0.00688. The zero-order chi connectivity index (χ0) is 14.5. The van der Waals surface area contributed by atoms with Gasteiger partial charge < -0.3 is 4.74 Å². The summed E-state index contributed by atoms with van der Waals surface area (Å²) < 4.78 is 5.22. The fraction of sp³-hybridized carbons (Fsp3) is 0.588. The smallest absolute Gasteiger partial charge is 0.306 e. The number of esters is 1. The molecule has 1 fully saturated rings. The number of aryl methyl sites for hydroxylation is 1. The van der Waals surface area contributed by atoms with E-state index in [9.17, 15) is 4.79 Å². The maximum absolute atomic E-state index is 11.7. The van der Waals surface area contributed by atoms with Gasteiger partial charge in [-0.05, 0) is 45.2 Å². The fourth-order valence-corrected chi connectivity index (χ4v) is 2.72. The molecule has 1 saturated heterocycles. The van der Waals surface area contributed by atoms with E-state index in [1.165, 1.54) is 11.1 Å². The number of rotatable bonds is 5. The second-order valence-corrected chi connectivity index (χ2v) is 6.12. The summed E-state index contributed by atoms with van der Waals surface area (Å²) in [5.41, 5.74) is 2.64. The van der Waals surface area contributed by atoms with E-state index in [0.29, 0.717) is 12.3 Å². The van der Waals surface area contributed by atoms with E-state index in [4.69, 9.17) is 4.74 Å². The minimum atomic E-state index is -0.0535. The zero-order valence-corrected chi connectivity index (χ0v) is 12.8. The SMILES string of the molecule is Cc1ccc(CN2CCC(CC(=O)OC(C)C)C2)cc1. The molecule has 1 aliphatic rings. The highest BCUT2D eigenvalue weighted by atomic mass is 16.5. The zero-order valence-electron chi connectivity index (χ0n) is 12.8. The van der Waals surface area contributed by atoms with Crippen LogP contribution in [0.2, 0.25) is 0 Å². The van der Waals surface area contributed by atoms with Gasteiger partial charge in [0.1, 0.15) is 0 Å². The Morgan fingerprint density at radius 3 is 2.70 bits per heavy atom. The summed E-state index contributed by atoms with van der Waals surface area (Å²) in [6.07, 6.45) is 1.65. The average molecular weight is 275 g/mol. The molecule has 0 aromatic heterocycles. The third-order valence-corrected chi connectivity index (χ3v) is 3.72. The van der Waals surface area contributed by atoms with Crippen LogP contribution in [0, 0.1) is 12.8 Å². The topological polar surface area (TPSA) is 29.5 Å². The predicted octanol–water partition coefficient (Wildman–Crippen LogP) is 3.16. The van der Waals surface area contributed by atoms with Crippen LogP contribution < -0.4 is 0 Å². The Labute approximate surface area is 121 Å². The fourth-order valence-electron chi connectivity index (χ4n) is 2.72. The second-order valence-electron chi connectivity index (χ2n) is 6.12. The normalized spacial score (nSPS) is 19.5. The summed E-state index contributed by atoms with van der Waals surface area (Å²) >= 11 is 0. The molecule has 1 aromatic carbocycles. The summed E-state index contributed by atoms with van der Waals surface area (Å²) in [5.74, 6) is 0.397. The lowest BCUT2D eigenvalue weighted by Crippen LogP contribution is -2.21. The van der Waals surface area contributed by atoms with Crippen LogP contribution in [0.5, 0.6) is 0 Å². The van der Waals surface area contributed by atoms with E-state index >= 15 is 0 Å². The van der Waals surface area contributed by atoms with Crippen molar-refractivity contribution in [1.29, 1.82) is 0 Å².